The third-order valence-electron chi connectivity index (χ3n) is 1.06. The Hall–Kier alpha value is -0.290. The molecule has 10 heavy (non-hydrogen) atoms. The van der Waals surface area contributed by atoms with Gasteiger partial charge in [-0.15, -0.1) is 0 Å². The lowest BCUT2D eigenvalue weighted by Gasteiger charge is -2.12. The monoisotopic (exact) mass is 157 g/mol. The van der Waals surface area contributed by atoms with Gasteiger partial charge in [-0.25, -0.2) is 0 Å². The lowest BCUT2D eigenvalue weighted by molar-refractivity contribution is -0.205. The second-order valence-electron chi connectivity index (χ2n) is 1.99. The van der Waals surface area contributed by atoms with E-state index >= 15 is 0 Å². The number of hydrogen-bond donors (Lipinski definition) is 2. The van der Waals surface area contributed by atoms with Crippen LogP contribution in [0.3, 0.4) is 0 Å². The second-order valence-corrected chi connectivity index (χ2v) is 1.99. The van der Waals surface area contributed by atoms with E-state index in [1.54, 1.807) is 0 Å². The predicted molar refractivity (Wildman–Crippen MR) is 30.4 cm³/mol. The zero-order valence-electron chi connectivity index (χ0n) is 5.36. The highest BCUT2D eigenvalue weighted by atomic mass is 19.4. The molecule has 0 aliphatic rings. The summed E-state index contributed by atoms with van der Waals surface area (Å²) in [5.74, 6) is 0. The van der Waals surface area contributed by atoms with Crippen molar-refractivity contribution in [3.05, 3.63) is 0 Å². The van der Waals surface area contributed by atoms with Gasteiger partial charge in [0.2, 0.25) is 0 Å². The summed E-state index contributed by atoms with van der Waals surface area (Å²) in [5, 5.41) is 8.34. The summed E-state index contributed by atoms with van der Waals surface area (Å²) in [6.45, 7) is 0.174. The minimum atomic E-state index is -4.49. The van der Waals surface area contributed by atoms with Gasteiger partial charge in [-0.2, -0.15) is 13.2 Å². The van der Waals surface area contributed by atoms with Crippen molar-refractivity contribution in [1.82, 2.24) is 0 Å². The molecule has 0 aromatic rings. The first kappa shape index (κ1) is 9.71. The van der Waals surface area contributed by atoms with Crippen LogP contribution < -0.4 is 5.73 Å². The average molecular weight is 157 g/mol. The Bertz CT molecular complexity index is 93.4. The van der Waals surface area contributed by atoms with Crippen LogP contribution in [0.25, 0.3) is 0 Å². The first-order chi connectivity index (χ1) is 4.48. The maximum Gasteiger partial charge on any atom is 0.414 e. The summed E-state index contributed by atoms with van der Waals surface area (Å²) in [6, 6.07) is 0. The standard InChI is InChI=1S/C5H10F3NO/c6-5(7,8)4(10)2-1-3-9/h4,10H,1-3,9H2. The van der Waals surface area contributed by atoms with Crippen molar-refractivity contribution < 1.29 is 18.3 Å². The fourth-order valence-corrected chi connectivity index (χ4v) is 0.475. The molecule has 3 N–H and O–H groups in total. The summed E-state index contributed by atoms with van der Waals surface area (Å²) in [6.07, 6.45) is -6.81. The van der Waals surface area contributed by atoms with Crippen molar-refractivity contribution in [1.29, 1.82) is 0 Å². The molecule has 0 aliphatic heterocycles. The van der Waals surface area contributed by atoms with Crippen LogP contribution in [0.4, 0.5) is 13.2 Å². The molecule has 5 heteroatoms. The van der Waals surface area contributed by atoms with Crippen LogP contribution in [0.2, 0.25) is 0 Å². The van der Waals surface area contributed by atoms with E-state index < -0.39 is 12.3 Å². The van der Waals surface area contributed by atoms with Crippen LogP contribution in [-0.2, 0) is 0 Å². The molecule has 0 radical (unpaired) electrons. The summed E-state index contributed by atoms with van der Waals surface area (Å²) in [5.41, 5.74) is 4.94. The van der Waals surface area contributed by atoms with E-state index in [1.807, 2.05) is 0 Å². The quantitative estimate of drug-likeness (QED) is 0.631. The molecule has 0 saturated carbocycles. The fraction of sp³-hybridized carbons (Fsp3) is 1.00. The summed E-state index contributed by atoms with van der Waals surface area (Å²) in [4.78, 5) is 0. The van der Waals surface area contributed by atoms with Crippen molar-refractivity contribution in [3.8, 4) is 0 Å². The van der Waals surface area contributed by atoms with Gasteiger partial charge in [0.05, 0.1) is 0 Å². The van der Waals surface area contributed by atoms with Gasteiger partial charge < -0.3 is 10.8 Å². The number of hydrogen-bond acceptors (Lipinski definition) is 2. The molecule has 0 aromatic carbocycles. The zero-order chi connectivity index (χ0) is 8.20. The number of halogens is 3. The zero-order valence-corrected chi connectivity index (χ0v) is 5.36. The Morgan fingerprint density at radius 3 is 2.20 bits per heavy atom. The highest BCUT2D eigenvalue weighted by Gasteiger charge is 2.37. The van der Waals surface area contributed by atoms with Crippen molar-refractivity contribution >= 4 is 0 Å². The Balaban J connectivity index is 3.52. The van der Waals surface area contributed by atoms with Gasteiger partial charge in [0.15, 0.2) is 0 Å². The molecule has 0 aliphatic carbocycles. The fourth-order valence-electron chi connectivity index (χ4n) is 0.475. The van der Waals surface area contributed by atoms with E-state index in [2.05, 4.69) is 0 Å². The largest absolute Gasteiger partial charge is 0.414 e. The van der Waals surface area contributed by atoms with Crippen LogP contribution in [0.1, 0.15) is 12.8 Å². The maximum absolute atomic E-state index is 11.5. The normalized spacial score (nSPS) is 15.3. The highest BCUT2D eigenvalue weighted by Crippen LogP contribution is 2.22. The smallest absolute Gasteiger partial charge is 0.384 e. The molecule has 0 saturated heterocycles. The summed E-state index contributed by atoms with van der Waals surface area (Å²) < 4.78 is 34.4. The Kier molecular flexibility index (Phi) is 3.67. The molecule has 1 unspecified atom stereocenters. The summed E-state index contributed by atoms with van der Waals surface area (Å²) in [7, 11) is 0. The topological polar surface area (TPSA) is 46.2 Å². The van der Waals surface area contributed by atoms with Gasteiger partial charge in [0, 0.05) is 0 Å². The molecular weight excluding hydrogens is 147 g/mol. The molecular formula is C5H10F3NO. The van der Waals surface area contributed by atoms with Gasteiger partial charge in [0.25, 0.3) is 0 Å². The minimum absolute atomic E-state index is 0.174. The van der Waals surface area contributed by atoms with Crippen molar-refractivity contribution in [3.63, 3.8) is 0 Å². The molecule has 0 amide bonds. The van der Waals surface area contributed by atoms with Gasteiger partial charge >= 0.3 is 6.18 Å². The number of alkyl halides is 3. The molecule has 0 heterocycles. The molecule has 2 nitrogen and oxygen atoms in total. The van der Waals surface area contributed by atoms with E-state index in [9.17, 15) is 13.2 Å². The lowest BCUT2D eigenvalue weighted by atomic mass is 10.2. The molecule has 0 fully saturated rings. The lowest BCUT2D eigenvalue weighted by Crippen LogP contribution is -2.28. The van der Waals surface area contributed by atoms with Crippen molar-refractivity contribution in [2.45, 2.75) is 25.1 Å². The maximum atomic E-state index is 11.5. The number of aliphatic hydroxyl groups excluding tert-OH is 1. The van der Waals surface area contributed by atoms with Crippen LogP contribution in [-0.4, -0.2) is 23.9 Å². The van der Waals surface area contributed by atoms with E-state index in [1.165, 1.54) is 0 Å². The number of nitrogens with two attached hydrogens (primary N) is 1. The molecule has 1 atom stereocenters. The van der Waals surface area contributed by atoms with Gasteiger partial charge in [-0.05, 0) is 19.4 Å². The second kappa shape index (κ2) is 3.78. The van der Waals surface area contributed by atoms with E-state index in [0.29, 0.717) is 0 Å². The molecule has 0 bridgehead atoms. The first-order valence-electron chi connectivity index (χ1n) is 2.93. The van der Waals surface area contributed by atoms with E-state index in [4.69, 9.17) is 10.8 Å². The predicted octanol–water partition coefficient (Wildman–Crippen LogP) is 0.649. The van der Waals surface area contributed by atoms with Crippen LogP contribution >= 0.6 is 0 Å². The minimum Gasteiger partial charge on any atom is -0.384 e. The van der Waals surface area contributed by atoms with E-state index in [-0.39, 0.29) is 19.4 Å². The molecule has 0 spiro atoms. The Labute approximate surface area is 56.8 Å². The first-order valence-corrected chi connectivity index (χ1v) is 2.93. The Morgan fingerprint density at radius 1 is 1.40 bits per heavy atom. The number of rotatable bonds is 3. The third-order valence-corrected chi connectivity index (χ3v) is 1.06. The van der Waals surface area contributed by atoms with Crippen LogP contribution in [0.15, 0.2) is 0 Å². The van der Waals surface area contributed by atoms with E-state index in [0.717, 1.165) is 0 Å². The number of aliphatic hydroxyl groups is 1. The SMILES string of the molecule is NCCCC(O)C(F)(F)F. The van der Waals surface area contributed by atoms with Crippen molar-refractivity contribution in [2.75, 3.05) is 6.54 Å². The third kappa shape index (κ3) is 3.68. The van der Waals surface area contributed by atoms with Crippen molar-refractivity contribution in [2.24, 2.45) is 5.73 Å². The average Bonchev–Trinajstić information content (AvgIpc) is 1.80. The van der Waals surface area contributed by atoms with Crippen LogP contribution in [0, 0.1) is 0 Å². The molecule has 0 rings (SSSR count). The highest BCUT2D eigenvalue weighted by molar-refractivity contribution is 4.64. The summed E-state index contributed by atoms with van der Waals surface area (Å²) >= 11 is 0. The van der Waals surface area contributed by atoms with Gasteiger partial charge in [0.1, 0.15) is 6.10 Å². The van der Waals surface area contributed by atoms with Crippen LogP contribution in [0.5, 0.6) is 0 Å². The van der Waals surface area contributed by atoms with Gasteiger partial charge in [-0.3, -0.25) is 0 Å². The molecule has 62 valence electrons. The van der Waals surface area contributed by atoms with Gasteiger partial charge in [-0.1, -0.05) is 0 Å². The molecule has 0 aromatic heterocycles. The Morgan fingerprint density at radius 2 is 1.90 bits per heavy atom.